The van der Waals surface area contributed by atoms with Crippen LogP contribution < -0.4 is 5.73 Å². The Morgan fingerprint density at radius 3 is 2.89 bits per heavy atom. The highest BCUT2D eigenvalue weighted by molar-refractivity contribution is 5.41. The fourth-order valence-electron chi connectivity index (χ4n) is 2.10. The number of nitrogen functional groups attached to an aromatic ring is 1. The summed E-state index contributed by atoms with van der Waals surface area (Å²) < 4.78 is 1.78. The fraction of sp³-hybridized carbons (Fsp3) is 0.357. The van der Waals surface area contributed by atoms with Crippen LogP contribution in [0.4, 0.5) is 5.69 Å². The Morgan fingerprint density at radius 2 is 2.26 bits per heavy atom. The monoisotopic (exact) mass is 260 g/mol. The van der Waals surface area contributed by atoms with Crippen LogP contribution in [0, 0.1) is 0 Å². The molecule has 1 atom stereocenters. The molecule has 0 saturated heterocycles. The molecule has 0 saturated carbocycles. The number of nitrogens with two attached hydrogens (primary N) is 1. The third-order valence-electron chi connectivity index (χ3n) is 2.99. The Bertz CT molecular complexity index is 538. The minimum atomic E-state index is -0.537. The van der Waals surface area contributed by atoms with Gasteiger partial charge in [-0.2, -0.15) is 5.10 Å². The van der Waals surface area contributed by atoms with Crippen LogP contribution in [-0.2, 0) is 13.6 Å². The van der Waals surface area contributed by atoms with E-state index in [9.17, 15) is 5.11 Å². The predicted octanol–water partition coefficient (Wildman–Crippen LogP) is 1.17. The molecule has 1 aromatic heterocycles. The summed E-state index contributed by atoms with van der Waals surface area (Å²) >= 11 is 0. The van der Waals surface area contributed by atoms with Gasteiger partial charge in [0.25, 0.3) is 0 Å². The van der Waals surface area contributed by atoms with Gasteiger partial charge in [0.2, 0.25) is 0 Å². The molecule has 102 valence electrons. The molecular formula is C14H20N4O. The van der Waals surface area contributed by atoms with Crippen molar-refractivity contribution >= 4 is 5.69 Å². The number of benzene rings is 1. The number of hydrogen-bond acceptors (Lipinski definition) is 4. The summed E-state index contributed by atoms with van der Waals surface area (Å²) in [7, 11) is 3.87. The molecule has 1 unspecified atom stereocenters. The van der Waals surface area contributed by atoms with Gasteiger partial charge in [-0.3, -0.25) is 9.58 Å². The molecule has 0 amide bonds. The molecule has 2 aromatic rings. The van der Waals surface area contributed by atoms with E-state index < -0.39 is 6.10 Å². The SMILES string of the molecule is CN(Cc1cnn(C)c1)CC(O)c1cccc(N)c1. The third kappa shape index (κ3) is 3.81. The average Bonchev–Trinajstić information content (AvgIpc) is 2.74. The van der Waals surface area contributed by atoms with Gasteiger partial charge in [-0.25, -0.2) is 0 Å². The molecule has 0 aliphatic heterocycles. The Kier molecular flexibility index (Phi) is 4.19. The number of aliphatic hydroxyl groups excluding tert-OH is 1. The largest absolute Gasteiger partial charge is 0.399 e. The van der Waals surface area contributed by atoms with E-state index in [1.807, 2.05) is 50.8 Å². The Balaban J connectivity index is 1.93. The first-order valence-corrected chi connectivity index (χ1v) is 6.24. The third-order valence-corrected chi connectivity index (χ3v) is 2.99. The molecule has 0 spiro atoms. The van der Waals surface area contributed by atoms with Gasteiger partial charge in [-0.05, 0) is 24.7 Å². The van der Waals surface area contributed by atoms with Crippen LogP contribution in [0.25, 0.3) is 0 Å². The normalized spacial score (nSPS) is 12.8. The molecule has 0 aliphatic rings. The lowest BCUT2D eigenvalue weighted by molar-refractivity contribution is 0.124. The van der Waals surface area contributed by atoms with Crippen molar-refractivity contribution in [3.8, 4) is 0 Å². The average molecular weight is 260 g/mol. The Hall–Kier alpha value is -1.85. The van der Waals surface area contributed by atoms with Gasteiger partial charge in [0, 0.05) is 37.6 Å². The maximum absolute atomic E-state index is 10.2. The molecule has 5 heteroatoms. The molecule has 0 radical (unpaired) electrons. The van der Waals surface area contributed by atoms with Gasteiger partial charge < -0.3 is 10.8 Å². The summed E-state index contributed by atoms with van der Waals surface area (Å²) in [6.07, 6.45) is 3.28. The van der Waals surface area contributed by atoms with Crippen molar-refractivity contribution in [3.05, 3.63) is 47.8 Å². The number of aryl methyl sites for hydroxylation is 1. The van der Waals surface area contributed by atoms with Crippen molar-refractivity contribution in [2.24, 2.45) is 7.05 Å². The second-order valence-electron chi connectivity index (χ2n) is 4.90. The molecule has 0 bridgehead atoms. The molecule has 3 N–H and O–H groups in total. The molecule has 2 rings (SSSR count). The lowest BCUT2D eigenvalue weighted by Gasteiger charge is -2.20. The summed E-state index contributed by atoms with van der Waals surface area (Å²) in [6, 6.07) is 7.37. The molecule has 0 fully saturated rings. The van der Waals surface area contributed by atoms with Crippen molar-refractivity contribution in [2.45, 2.75) is 12.6 Å². The lowest BCUT2D eigenvalue weighted by atomic mass is 10.1. The van der Waals surface area contributed by atoms with Crippen molar-refractivity contribution in [1.29, 1.82) is 0 Å². The molecule has 19 heavy (non-hydrogen) atoms. The first-order chi connectivity index (χ1) is 9.04. The second kappa shape index (κ2) is 5.86. The van der Waals surface area contributed by atoms with E-state index in [4.69, 9.17) is 5.73 Å². The van der Waals surface area contributed by atoms with Gasteiger partial charge in [0.1, 0.15) is 0 Å². The number of rotatable bonds is 5. The summed E-state index contributed by atoms with van der Waals surface area (Å²) in [5.74, 6) is 0. The van der Waals surface area contributed by atoms with Crippen LogP contribution in [0.15, 0.2) is 36.7 Å². The van der Waals surface area contributed by atoms with Gasteiger partial charge in [-0.15, -0.1) is 0 Å². The Labute approximate surface area is 113 Å². The van der Waals surface area contributed by atoms with E-state index in [2.05, 4.69) is 10.00 Å². The quantitative estimate of drug-likeness (QED) is 0.792. The maximum Gasteiger partial charge on any atom is 0.0917 e. The molecule has 0 aliphatic carbocycles. The summed E-state index contributed by atoms with van der Waals surface area (Å²) in [5, 5.41) is 14.3. The van der Waals surface area contributed by atoms with Crippen LogP contribution in [0.2, 0.25) is 0 Å². The van der Waals surface area contributed by atoms with Gasteiger partial charge in [-0.1, -0.05) is 12.1 Å². The number of hydrogen-bond donors (Lipinski definition) is 2. The topological polar surface area (TPSA) is 67.3 Å². The van der Waals surface area contributed by atoms with Crippen LogP contribution in [-0.4, -0.2) is 33.4 Å². The lowest BCUT2D eigenvalue weighted by Crippen LogP contribution is -2.24. The number of aliphatic hydroxyl groups is 1. The van der Waals surface area contributed by atoms with Crippen LogP contribution in [0.1, 0.15) is 17.2 Å². The van der Waals surface area contributed by atoms with Crippen molar-refractivity contribution < 1.29 is 5.11 Å². The molecular weight excluding hydrogens is 240 g/mol. The van der Waals surface area contributed by atoms with Gasteiger partial charge in [0.05, 0.1) is 12.3 Å². The highest BCUT2D eigenvalue weighted by Gasteiger charge is 2.11. The molecule has 1 aromatic carbocycles. The van der Waals surface area contributed by atoms with Gasteiger partial charge in [0.15, 0.2) is 0 Å². The van der Waals surface area contributed by atoms with E-state index in [0.29, 0.717) is 12.2 Å². The number of likely N-dealkylation sites (N-methyl/N-ethyl adjacent to an activating group) is 1. The summed E-state index contributed by atoms with van der Waals surface area (Å²) in [4.78, 5) is 2.06. The fourth-order valence-corrected chi connectivity index (χ4v) is 2.10. The van der Waals surface area contributed by atoms with E-state index in [0.717, 1.165) is 17.7 Å². The zero-order valence-electron chi connectivity index (χ0n) is 11.3. The maximum atomic E-state index is 10.2. The molecule has 1 heterocycles. The minimum absolute atomic E-state index is 0.537. The number of aromatic nitrogens is 2. The zero-order chi connectivity index (χ0) is 13.8. The standard InChI is InChI=1S/C14H20N4O/c1-17(8-11-7-16-18(2)9-11)10-14(19)12-4-3-5-13(15)6-12/h3-7,9,14,19H,8,10,15H2,1-2H3. The summed E-state index contributed by atoms with van der Waals surface area (Å²) in [5.41, 5.74) is 8.37. The highest BCUT2D eigenvalue weighted by Crippen LogP contribution is 2.17. The van der Waals surface area contributed by atoms with E-state index in [1.54, 1.807) is 4.68 Å². The van der Waals surface area contributed by atoms with Gasteiger partial charge >= 0.3 is 0 Å². The summed E-state index contributed by atoms with van der Waals surface area (Å²) in [6.45, 7) is 1.31. The van der Waals surface area contributed by atoms with Crippen molar-refractivity contribution in [2.75, 3.05) is 19.3 Å². The van der Waals surface area contributed by atoms with E-state index >= 15 is 0 Å². The van der Waals surface area contributed by atoms with Crippen LogP contribution >= 0.6 is 0 Å². The predicted molar refractivity (Wildman–Crippen MR) is 75.4 cm³/mol. The smallest absolute Gasteiger partial charge is 0.0917 e. The van der Waals surface area contributed by atoms with E-state index in [-0.39, 0.29) is 0 Å². The minimum Gasteiger partial charge on any atom is -0.399 e. The van der Waals surface area contributed by atoms with Crippen molar-refractivity contribution in [1.82, 2.24) is 14.7 Å². The van der Waals surface area contributed by atoms with Crippen LogP contribution in [0.5, 0.6) is 0 Å². The number of nitrogens with zero attached hydrogens (tertiary/aromatic N) is 3. The Morgan fingerprint density at radius 1 is 1.47 bits per heavy atom. The second-order valence-corrected chi connectivity index (χ2v) is 4.90. The van der Waals surface area contributed by atoms with Crippen LogP contribution in [0.3, 0.4) is 0 Å². The zero-order valence-corrected chi connectivity index (χ0v) is 11.3. The molecule has 5 nitrogen and oxygen atoms in total. The van der Waals surface area contributed by atoms with E-state index in [1.165, 1.54) is 0 Å². The number of anilines is 1. The first kappa shape index (κ1) is 13.6. The highest BCUT2D eigenvalue weighted by atomic mass is 16.3. The first-order valence-electron chi connectivity index (χ1n) is 6.24. The van der Waals surface area contributed by atoms with Crippen molar-refractivity contribution in [3.63, 3.8) is 0 Å².